The van der Waals surface area contributed by atoms with Gasteiger partial charge in [-0.3, -0.25) is 0 Å². The van der Waals surface area contributed by atoms with Crippen LogP contribution >= 0.6 is 11.6 Å². The number of nitrogens with one attached hydrogen (secondary N) is 1. The van der Waals surface area contributed by atoms with Crippen molar-refractivity contribution >= 4 is 29.3 Å². The second kappa shape index (κ2) is 12.3. The standard InChI is InChI=1S/C25H33ClN2O4/c1-4-5-6-7-8-17-28(24(31)27-21-13-11-20(26)12-14-21)18-19-9-15-22(16-10-19)32-25(2,3)23(29)30/h9-16H,4-8,17-18H2,1-3H3,(H,27,31)(H,29,30). The lowest BCUT2D eigenvalue weighted by Gasteiger charge is -2.24. The number of rotatable bonds is 12. The number of amides is 2. The van der Waals surface area contributed by atoms with Crippen LogP contribution < -0.4 is 10.1 Å². The molecule has 0 bridgehead atoms. The van der Waals surface area contributed by atoms with E-state index in [0.717, 1.165) is 24.8 Å². The summed E-state index contributed by atoms with van der Waals surface area (Å²) in [6.07, 6.45) is 5.55. The number of hydrogen-bond donors (Lipinski definition) is 2. The van der Waals surface area contributed by atoms with Gasteiger partial charge in [-0.2, -0.15) is 0 Å². The normalized spacial score (nSPS) is 11.1. The zero-order chi connectivity index (χ0) is 23.6. The summed E-state index contributed by atoms with van der Waals surface area (Å²) in [5.74, 6) is -0.562. The van der Waals surface area contributed by atoms with Crippen molar-refractivity contribution in [2.45, 2.75) is 65.0 Å². The Morgan fingerprint density at radius 1 is 1.00 bits per heavy atom. The van der Waals surface area contributed by atoms with E-state index in [1.807, 2.05) is 12.1 Å². The molecule has 2 aromatic rings. The fourth-order valence-corrected chi connectivity index (χ4v) is 3.24. The van der Waals surface area contributed by atoms with Gasteiger partial charge in [0.2, 0.25) is 0 Å². The lowest BCUT2D eigenvalue weighted by Crippen LogP contribution is -2.37. The number of hydrogen-bond acceptors (Lipinski definition) is 3. The average molecular weight is 461 g/mol. The van der Waals surface area contributed by atoms with Crippen LogP contribution in [0.2, 0.25) is 5.02 Å². The van der Waals surface area contributed by atoms with Gasteiger partial charge in [0.1, 0.15) is 5.75 Å². The fourth-order valence-electron chi connectivity index (χ4n) is 3.12. The molecular formula is C25H33ClN2O4. The van der Waals surface area contributed by atoms with Crippen LogP contribution in [0.5, 0.6) is 5.75 Å². The first-order chi connectivity index (χ1) is 15.2. The monoisotopic (exact) mass is 460 g/mol. The van der Waals surface area contributed by atoms with Crippen LogP contribution in [0.1, 0.15) is 58.4 Å². The second-order valence-electron chi connectivity index (χ2n) is 8.33. The van der Waals surface area contributed by atoms with Crippen molar-refractivity contribution in [3.05, 3.63) is 59.1 Å². The van der Waals surface area contributed by atoms with Gasteiger partial charge in [0, 0.05) is 23.8 Å². The van der Waals surface area contributed by atoms with Crippen LogP contribution in [0.15, 0.2) is 48.5 Å². The lowest BCUT2D eigenvalue weighted by atomic mass is 10.1. The van der Waals surface area contributed by atoms with Gasteiger partial charge in [0.15, 0.2) is 5.60 Å². The topological polar surface area (TPSA) is 78.9 Å². The number of carbonyl (C=O) groups is 2. The highest BCUT2D eigenvalue weighted by Gasteiger charge is 2.29. The molecule has 32 heavy (non-hydrogen) atoms. The van der Waals surface area contributed by atoms with Crippen LogP contribution in [0.25, 0.3) is 0 Å². The molecule has 174 valence electrons. The lowest BCUT2D eigenvalue weighted by molar-refractivity contribution is -0.152. The number of ether oxygens (including phenoxy) is 1. The van der Waals surface area contributed by atoms with E-state index < -0.39 is 11.6 Å². The zero-order valence-corrected chi connectivity index (χ0v) is 19.8. The number of anilines is 1. The summed E-state index contributed by atoms with van der Waals surface area (Å²) in [5.41, 5.74) is 0.310. The van der Waals surface area contributed by atoms with E-state index in [4.69, 9.17) is 16.3 Å². The van der Waals surface area contributed by atoms with Gasteiger partial charge in [-0.05, 0) is 62.2 Å². The predicted octanol–water partition coefficient (Wildman–Crippen LogP) is 6.59. The highest BCUT2D eigenvalue weighted by atomic mass is 35.5. The number of carboxylic acids is 1. The molecule has 0 aliphatic rings. The summed E-state index contributed by atoms with van der Waals surface area (Å²) in [7, 11) is 0. The third-order valence-corrected chi connectivity index (χ3v) is 5.35. The van der Waals surface area contributed by atoms with Crippen LogP contribution in [-0.4, -0.2) is 34.2 Å². The Balaban J connectivity index is 2.04. The minimum atomic E-state index is -1.31. The van der Waals surface area contributed by atoms with Crippen molar-refractivity contribution in [2.24, 2.45) is 0 Å². The smallest absolute Gasteiger partial charge is 0.347 e. The number of carbonyl (C=O) groups excluding carboxylic acids is 1. The minimum Gasteiger partial charge on any atom is -0.478 e. The molecule has 0 fully saturated rings. The Bertz CT molecular complexity index is 867. The van der Waals surface area contributed by atoms with Crippen molar-refractivity contribution in [3.8, 4) is 5.75 Å². The molecule has 0 saturated carbocycles. The second-order valence-corrected chi connectivity index (χ2v) is 8.77. The third kappa shape index (κ3) is 8.42. The summed E-state index contributed by atoms with van der Waals surface area (Å²) in [6.45, 7) is 6.27. The molecule has 0 radical (unpaired) electrons. The largest absolute Gasteiger partial charge is 0.478 e. The Morgan fingerprint density at radius 2 is 1.62 bits per heavy atom. The maximum atomic E-state index is 12.9. The zero-order valence-electron chi connectivity index (χ0n) is 19.1. The highest BCUT2D eigenvalue weighted by molar-refractivity contribution is 6.30. The molecular weight excluding hydrogens is 428 g/mol. The van der Waals surface area contributed by atoms with E-state index in [1.165, 1.54) is 26.7 Å². The van der Waals surface area contributed by atoms with E-state index in [1.54, 1.807) is 41.3 Å². The minimum absolute atomic E-state index is 0.171. The molecule has 2 rings (SSSR count). The van der Waals surface area contributed by atoms with Gasteiger partial charge in [0.05, 0.1) is 0 Å². The molecule has 0 spiro atoms. The molecule has 6 nitrogen and oxygen atoms in total. The van der Waals surface area contributed by atoms with E-state index in [9.17, 15) is 14.7 Å². The molecule has 0 aliphatic carbocycles. The Morgan fingerprint density at radius 3 is 2.22 bits per heavy atom. The van der Waals surface area contributed by atoms with Gasteiger partial charge >= 0.3 is 12.0 Å². The summed E-state index contributed by atoms with van der Waals surface area (Å²) >= 11 is 5.93. The number of urea groups is 1. The highest BCUT2D eigenvalue weighted by Crippen LogP contribution is 2.21. The Hall–Kier alpha value is -2.73. The van der Waals surface area contributed by atoms with E-state index in [2.05, 4.69) is 12.2 Å². The average Bonchev–Trinajstić information content (AvgIpc) is 2.75. The van der Waals surface area contributed by atoms with Crippen molar-refractivity contribution in [3.63, 3.8) is 0 Å². The SMILES string of the molecule is CCCCCCCN(Cc1ccc(OC(C)(C)C(=O)O)cc1)C(=O)Nc1ccc(Cl)cc1. The quantitative estimate of drug-likeness (QED) is 0.350. The molecule has 0 unspecified atom stereocenters. The molecule has 0 atom stereocenters. The summed E-state index contributed by atoms with van der Waals surface area (Å²) in [4.78, 5) is 26.0. The van der Waals surface area contributed by atoms with Crippen molar-refractivity contribution in [1.29, 1.82) is 0 Å². The predicted molar refractivity (Wildman–Crippen MR) is 128 cm³/mol. The first-order valence-electron chi connectivity index (χ1n) is 11.0. The Kier molecular flexibility index (Phi) is 9.85. The van der Waals surface area contributed by atoms with Gasteiger partial charge in [-0.15, -0.1) is 0 Å². The number of unbranched alkanes of at least 4 members (excludes halogenated alkanes) is 4. The molecule has 2 N–H and O–H groups in total. The molecule has 0 heterocycles. The summed E-state index contributed by atoms with van der Waals surface area (Å²) in [5, 5.41) is 12.8. The molecule has 7 heteroatoms. The van der Waals surface area contributed by atoms with Crippen LogP contribution in [0, 0.1) is 0 Å². The maximum absolute atomic E-state index is 12.9. The number of nitrogens with zero attached hydrogens (tertiary/aromatic N) is 1. The number of halogens is 1. The molecule has 0 saturated heterocycles. The molecule has 2 aromatic carbocycles. The molecule has 0 aliphatic heterocycles. The first-order valence-corrected chi connectivity index (χ1v) is 11.4. The number of carboxylic acid groups (broad SMARTS) is 1. The van der Waals surface area contributed by atoms with E-state index in [-0.39, 0.29) is 6.03 Å². The fraction of sp³-hybridized carbons (Fsp3) is 0.440. The van der Waals surface area contributed by atoms with Crippen LogP contribution in [0.3, 0.4) is 0 Å². The van der Waals surface area contributed by atoms with Gasteiger partial charge in [-0.1, -0.05) is 56.3 Å². The molecule has 0 aromatic heterocycles. The maximum Gasteiger partial charge on any atom is 0.347 e. The van der Waals surface area contributed by atoms with Crippen LogP contribution in [-0.2, 0) is 11.3 Å². The first kappa shape index (κ1) is 25.5. The van der Waals surface area contributed by atoms with Crippen molar-refractivity contribution in [1.82, 2.24) is 4.90 Å². The van der Waals surface area contributed by atoms with Crippen molar-refractivity contribution in [2.75, 3.05) is 11.9 Å². The Labute approximate surface area is 195 Å². The van der Waals surface area contributed by atoms with Gasteiger partial charge < -0.3 is 20.1 Å². The summed E-state index contributed by atoms with van der Waals surface area (Å²) < 4.78 is 5.56. The molecule has 2 amide bonds. The van der Waals surface area contributed by atoms with E-state index >= 15 is 0 Å². The van der Waals surface area contributed by atoms with Crippen molar-refractivity contribution < 1.29 is 19.4 Å². The van der Waals surface area contributed by atoms with E-state index in [0.29, 0.717) is 29.5 Å². The van der Waals surface area contributed by atoms with Gasteiger partial charge in [-0.25, -0.2) is 9.59 Å². The third-order valence-electron chi connectivity index (χ3n) is 5.10. The summed E-state index contributed by atoms with van der Waals surface area (Å²) in [6, 6.07) is 14.0. The number of benzene rings is 2. The van der Waals surface area contributed by atoms with Gasteiger partial charge in [0.25, 0.3) is 0 Å². The number of aliphatic carboxylic acids is 1. The van der Waals surface area contributed by atoms with Crippen LogP contribution in [0.4, 0.5) is 10.5 Å².